The van der Waals surface area contributed by atoms with Gasteiger partial charge < -0.3 is 4.90 Å². The maximum absolute atomic E-state index is 4.77. The summed E-state index contributed by atoms with van der Waals surface area (Å²) in [6.07, 6.45) is 0. The third-order valence-electron chi connectivity index (χ3n) is 4.16. The fourth-order valence-electron chi connectivity index (χ4n) is 2.55. The minimum Gasteiger partial charge on any atom is -0.338 e. The van der Waals surface area contributed by atoms with Crippen molar-refractivity contribution in [1.82, 2.24) is 19.9 Å². The second-order valence-electron chi connectivity index (χ2n) is 7.84. The number of nitrogens with zero attached hydrogens (tertiary/aromatic N) is 5. The van der Waals surface area contributed by atoms with E-state index in [1.54, 1.807) is 0 Å². The summed E-state index contributed by atoms with van der Waals surface area (Å²) in [6.45, 7) is 19.4. The summed E-state index contributed by atoms with van der Waals surface area (Å²) in [7, 11) is 0. The molecule has 0 atom stereocenters. The van der Waals surface area contributed by atoms with Crippen LogP contribution in [0.4, 0.5) is 5.95 Å². The van der Waals surface area contributed by atoms with Crippen molar-refractivity contribution in [2.45, 2.75) is 65.8 Å². The topological polar surface area (TPSA) is 45.2 Å². The zero-order chi connectivity index (χ0) is 16.5. The predicted octanol–water partition coefficient (Wildman–Crippen LogP) is 2.82. The second kappa shape index (κ2) is 6.49. The zero-order valence-electron chi connectivity index (χ0n) is 15.2. The van der Waals surface area contributed by atoms with Crippen LogP contribution in [0.25, 0.3) is 0 Å². The molecule has 22 heavy (non-hydrogen) atoms. The molecule has 0 saturated carbocycles. The molecule has 2 rings (SSSR count). The first-order valence-corrected chi connectivity index (χ1v) is 8.44. The summed E-state index contributed by atoms with van der Waals surface area (Å²) in [4.78, 5) is 19.0. The molecule has 0 spiro atoms. The molecule has 5 heteroatoms. The first-order chi connectivity index (χ1) is 10.2. The van der Waals surface area contributed by atoms with E-state index in [0.717, 1.165) is 43.8 Å². The summed E-state index contributed by atoms with van der Waals surface area (Å²) in [5.41, 5.74) is -0.0545. The molecule has 1 saturated heterocycles. The number of anilines is 1. The second-order valence-corrected chi connectivity index (χ2v) is 7.84. The van der Waals surface area contributed by atoms with Crippen molar-refractivity contribution in [3.8, 4) is 0 Å². The minimum atomic E-state index is -0.0545. The number of aromatic nitrogens is 3. The maximum atomic E-state index is 4.77. The molecular formula is C17H31N5. The van der Waals surface area contributed by atoms with Gasteiger partial charge in [0, 0.05) is 43.6 Å². The molecular weight excluding hydrogens is 274 g/mol. The molecule has 0 N–H and O–H groups in total. The van der Waals surface area contributed by atoms with E-state index < -0.39 is 0 Å². The number of rotatable bonds is 3. The van der Waals surface area contributed by atoms with Gasteiger partial charge >= 0.3 is 0 Å². The Morgan fingerprint density at radius 3 is 1.91 bits per heavy atom. The minimum absolute atomic E-state index is 0.0545. The third-order valence-corrected chi connectivity index (χ3v) is 4.16. The molecule has 2 heterocycles. The Morgan fingerprint density at radius 2 is 1.45 bits per heavy atom. The number of hydrogen-bond acceptors (Lipinski definition) is 5. The van der Waals surface area contributed by atoms with Crippen LogP contribution in [-0.4, -0.2) is 52.1 Å². The van der Waals surface area contributed by atoms with Crippen LogP contribution in [0.1, 0.15) is 66.0 Å². The van der Waals surface area contributed by atoms with E-state index in [4.69, 9.17) is 9.97 Å². The molecule has 0 radical (unpaired) electrons. The van der Waals surface area contributed by atoms with E-state index >= 15 is 0 Å². The van der Waals surface area contributed by atoms with Crippen LogP contribution in [0.2, 0.25) is 0 Å². The fourth-order valence-corrected chi connectivity index (χ4v) is 2.55. The molecule has 1 aromatic rings. The number of hydrogen-bond donors (Lipinski definition) is 0. The monoisotopic (exact) mass is 305 g/mol. The molecule has 1 aliphatic heterocycles. The van der Waals surface area contributed by atoms with Crippen molar-refractivity contribution in [3.63, 3.8) is 0 Å². The highest BCUT2D eigenvalue weighted by Gasteiger charge is 2.25. The van der Waals surface area contributed by atoms with Gasteiger partial charge in [0.1, 0.15) is 11.6 Å². The standard InChI is InChI=1S/C17H31N5/c1-12(2)14-18-15(17(5,6)7)20-16(19-14)22-10-8-21(9-11-22)13(3)4/h12-13H,8-11H2,1-7H3. The van der Waals surface area contributed by atoms with Crippen molar-refractivity contribution >= 4 is 5.95 Å². The molecule has 1 aromatic heterocycles. The largest absolute Gasteiger partial charge is 0.338 e. The summed E-state index contributed by atoms with van der Waals surface area (Å²) in [6, 6.07) is 0.608. The summed E-state index contributed by atoms with van der Waals surface area (Å²) >= 11 is 0. The average Bonchev–Trinajstić information content (AvgIpc) is 2.46. The van der Waals surface area contributed by atoms with Crippen LogP contribution in [0.5, 0.6) is 0 Å². The third kappa shape index (κ3) is 3.94. The van der Waals surface area contributed by atoms with Crippen LogP contribution in [-0.2, 0) is 5.41 Å². The lowest BCUT2D eigenvalue weighted by atomic mass is 9.95. The van der Waals surface area contributed by atoms with Crippen LogP contribution >= 0.6 is 0 Å². The van der Waals surface area contributed by atoms with E-state index in [-0.39, 0.29) is 5.41 Å². The molecule has 5 nitrogen and oxygen atoms in total. The Morgan fingerprint density at radius 1 is 0.864 bits per heavy atom. The van der Waals surface area contributed by atoms with Gasteiger partial charge in [-0.2, -0.15) is 9.97 Å². The van der Waals surface area contributed by atoms with E-state index in [9.17, 15) is 0 Å². The van der Waals surface area contributed by atoms with Crippen molar-refractivity contribution in [1.29, 1.82) is 0 Å². The van der Waals surface area contributed by atoms with Gasteiger partial charge in [-0.15, -0.1) is 0 Å². The highest BCUT2D eigenvalue weighted by Crippen LogP contribution is 2.23. The van der Waals surface area contributed by atoms with Crippen molar-refractivity contribution in [3.05, 3.63) is 11.6 Å². The van der Waals surface area contributed by atoms with Crippen molar-refractivity contribution < 1.29 is 0 Å². The van der Waals surface area contributed by atoms with Gasteiger partial charge in [-0.3, -0.25) is 4.90 Å². The van der Waals surface area contributed by atoms with E-state index in [1.165, 1.54) is 0 Å². The van der Waals surface area contributed by atoms with E-state index in [1.807, 2.05) is 0 Å². The van der Waals surface area contributed by atoms with Gasteiger partial charge in [-0.05, 0) is 13.8 Å². The molecule has 0 unspecified atom stereocenters. The van der Waals surface area contributed by atoms with Crippen molar-refractivity contribution in [2.75, 3.05) is 31.1 Å². The molecule has 0 aromatic carbocycles. The zero-order valence-corrected chi connectivity index (χ0v) is 15.2. The van der Waals surface area contributed by atoms with Gasteiger partial charge in [-0.1, -0.05) is 34.6 Å². The van der Waals surface area contributed by atoms with Crippen molar-refractivity contribution in [2.24, 2.45) is 0 Å². The lowest BCUT2D eigenvalue weighted by molar-refractivity contribution is 0.208. The summed E-state index contributed by atoms with van der Waals surface area (Å²) in [5, 5.41) is 0. The predicted molar refractivity (Wildman–Crippen MR) is 91.5 cm³/mol. The van der Waals surface area contributed by atoms with E-state index in [0.29, 0.717) is 12.0 Å². The summed E-state index contributed by atoms with van der Waals surface area (Å²) < 4.78 is 0. The fraction of sp³-hybridized carbons (Fsp3) is 0.824. The normalized spacial score (nSPS) is 17.6. The SMILES string of the molecule is CC(C)c1nc(N2CCN(C(C)C)CC2)nc(C(C)(C)C)n1. The van der Waals surface area contributed by atoms with Crippen LogP contribution < -0.4 is 4.90 Å². The first kappa shape index (κ1) is 17.1. The molecule has 124 valence electrons. The smallest absolute Gasteiger partial charge is 0.228 e. The number of piperazine rings is 1. The highest BCUT2D eigenvalue weighted by molar-refractivity contribution is 5.32. The van der Waals surface area contributed by atoms with Gasteiger partial charge in [0.05, 0.1) is 0 Å². The quantitative estimate of drug-likeness (QED) is 0.859. The first-order valence-electron chi connectivity index (χ1n) is 8.44. The molecule has 1 fully saturated rings. The molecule has 0 aliphatic carbocycles. The molecule has 0 bridgehead atoms. The maximum Gasteiger partial charge on any atom is 0.228 e. The molecule has 0 amide bonds. The Labute approximate surface area is 135 Å². The molecule has 1 aliphatic rings. The van der Waals surface area contributed by atoms with Gasteiger partial charge in [0.25, 0.3) is 0 Å². The Hall–Kier alpha value is -1.23. The lowest BCUT2D eigenvalue weighted by Crippen LogP contribution is -2.49. The van der Waals surface area contributed by atoms with Gasteiger partial charge in [0.2, 0.25) is 5.95 Å². The average molecular weight is 305 g/mol. The van der Waals surface area contributed by atoms with Gasteiger partial charge in [-0.25, -0.2) is 4.98 Å². The van der Waals surface area contributed by atoms with E-state index in [2.05, 4.69) is 63.2 Å². The Bertz CT molecular complexity index is 496. The Kier molecular flexibility index (Phi) is 5.05. The van der Waals surface area contributed by atoms with Crippen LogP contribution in [0, 0.1) is 0 Å². The summed E-state index contributed by atoms with van der Waals surface area (Å²) in [5.74, 6) is 2.97. The van der Waals surface area contributed by atoms with Gasteiger partial charge in [0.15, 0.2) is 0 Å². The van der Waals surface area contributed by atoms with Crippen LogP contribution in [0.3, 0.4) is 0 Å². The highest BCUT2D eigenvalue weighted by atomic mass is 15.3. The van der Waals surface area contributed by atoms with Crippen LogP contribution in [0.15, 0.2) is 0 Å². The Balaban J connectivity index is 2.25. The lowest BCUT2D eigenvalue weighted by Gasteiger charge is -2.37.